The molecule has 3 nitrogen and oxygen atoms in total. The topological polar surface area (TPSA) is 46.5 Å². The summed E-state index contributed by atoms with van der Waals surface area (Å²) in [6, 6.07) is 6.76. The minimum atomic E-state index is -2.88. The molecule has 0 spiro atoms. The number of hydrogen-bond donors (Lipinski definition) is 1. The van der Waals surface area contributed by atoms with Crippen molar-refractivity contribution in [2.24, 2.45) is 0 Å². The van der Waals surface area contributed by atoms with Crippen LogP contribution in [0.3, 0.4) is 0 Å². The third-order valence-electron chi connectivity index (χ3n) is 1.82. The van der Waals surface area contributed by atoms with Gasteiger partial charge in [0.2, 0.25) is 0 Å². The van der Waals surface area contributed by atoms with Crippen LogP contribution in [0.5, 0.6) is 5.75 Å². The minimum Gasteiger partial charge on any atom is -0.426 e. The smallest absolute Gasteiger partial charge is 0.365 e. The fourth-order valence-electron chi connectivity index (χ4n) is 0.773. The summed E-state index contributed by atoms with van der Waals surface area (Å²) in [6.45, 7) is 7.94. The van der Waals surface area contributed by atoms with E-state index in [1.807, 2.05) is 0 Å². The average Bonchev–Trinajstić information content (AvgIpc) is 2.30. The molecule has 0 aliphatic rings. The normalized spacial score (nSPS) is 10.9. The Morgan fingerprint density at radius 1 is 1.31 bits per heavy atom. The Balaban J connectivity index is 0.000000487. The van der Waals surface area contributed by atoms with Gasteiger partial charge in [-0.2, -0.15) is 0 Å². The van der Waals surface area contributed by atoms with Crippen LogP contribution in [0.4, 0.5) is 0 Å². The van der Waals surface area contributed by atoms with Crippen molar-refractivity contribution in [2.45, 2.75) is 26.7 Å². The fourth-order valence-corrected chi connectivity index (χ4v) is 1.11. The standard InChI is InChI=1S/C8H9O3P.C4H10/c1-2-7-3-5-8(6-4-7)11-12(9)10;1-3-4-2/h2-6,12H,1H2,(H,9,10);3-4H2,1-2H3. The van der Waals surface area contributed by atoms with E-state index in [1.54, 1.807) is 30.3 Å². The highest BCUT2D eigenvalue weighted by Gasteiger charge is 1.95. The molecule has 0 aliphatic heterocycles. The minimum absolute atomic E-state index is 0.395. The molecular weight excluding hydrogens is 223 g/mol. The summed E-state index contributed by atoms with van der Waals surface area (Å²) in [5, 5.41) is 0. The van der Waals surface area contributed by atoms with Crippen molar-refractivity contribution in [3.8, 4) is 5.75 Å². The Morgan fingerprint density at radius 2 is 1.81 bits per heavy atom. The molecule has 0 aromatic heterocycles. The molecule has 1 unspecified atom stereocenters. The molecule has 0 bridgehead atoms. The summed E-state index contributed by atoms with van der Waals surface area (Å²) in [6.07, 6.45) is 4.33. The van der Waals surface area contributed by atoms with Crippen LogP contribution in [0.15, 0.2) is 30.8 Å². The van der Waals surface area contributed by atoms with E-state index in [4.69, 9.17) is 4.89 Å². The lowest BCUT2D eigenvalue weighted by atomic mass is 10.2. The first-order chi connectivity index (χ1) is 7.63. The molecule has 1 N–H and O–H groups in total. The van der Waals surface area contributed by atoms with Crippen molar-refractivity contribution in [3.05, 3.63) is 36.4 Å². The molecule has 4 heteroatoms. The molecule has 0 fully saturated rings. The van der Waals surface area contributed by atoms with Gasteiger partial charge in [0.25, 0.3) is 0 Å². The van der Waals surface area contributed by atoms with E-state index in [9.17, 15) is 4.57 Å². The van der Waals surface area contributed by atoms with Crippen LogP contribution in [0.25, 0.3) is 6.08 Å². The van der Waals surface area contributed by atoms with Crippen molar-refractivity contribution in [3.63, 3.8) is 0 Å². The van der Waals surface area contributed by atoms with Gasteiger partial charge in [-0.3, -0.25) is 0 Å². The molecule has 0 saturated carbocycles. The number of rotatable bonds is 4. The second-order valence-electron chi connectivity index (χ2n) is 3.14. The molecule has 1 rings (SSSR count). The van der Waals surface area contributed by atoms with Gasteiger partial charge >= 0.3 is 8.25 Å². The molecule has 0 saturated heterocycles. The summed E-state index contributed by atoms with van der Waals surface area (Å²) in [5.41, 5.74) is 0.944. The van der Waals surface area contributed by atoms with E-state index in [2.05, 4.69) is 25.0 Å². The highest BCUT2D eigenvalue weighted by atomic mass is 31.1. The Labute approximate surface area is 97.7 Å². The number of benzene rings is 1. The van der Waals surface area contributed by atoms with Gasteiger partial charge in [-0.05, 0) is 17.7 Å². The monoisotopic (exact) mass is 242 g/mol. The van der Waals surface area contributed by atoms with Crippen LogP contribution in [0.2, 0.25) is 0 Å². The van der Waals surface area contributed by atoms with Gasteiger partial charge in [0.15, 0.2) is 0 Å². The third kappa shape index (κ3) is 7.27. The van der Waals surface area contributed by atoms with Crippen LogP contribution < -0.4 is 4.52 Å². The van der Waals surface area contributed by atoms with Crippen LogP contribution in [0.1, 0.15) is 32.3 Å². The Hall–Kier alpha value is -1.05. The molecule has 1 aromatic carbocycles. The van der Waals surface area contributed by atoms with E-state index in [1.165, 1.54) is 12.8 Å². The predicted octanol–water partition coefficient (Wildman–Crippen LogP) is 3.90. The second-order valence-corrected chi connectivity index (χ2v) is 3.88. The Bertz CT molecular complexity index is 318. The summed E-state index contributed by atoms with van der Waals surface area (Å²) in [7, 11) is -2.88. The highest BCUT2D eigenvalue weighted by molar-refractivity contribution is 7.32. The van der Waals surface area contributed by atoms with Gasteiger partial charge in [0.05, 0.1) is 0 Å². The molecule has 90 valence electrons. The Morgan fingerprint density at radius 3 is 2.12 bits per heavy atom. The molecule has 16 heavy (non-hydrogen) atoms. The van der Waals surface area contributed by atoms with Gasteiger partial charge in [-0.1, -0.05) is 51.5 Å². The molecule has 0 amide bonds. The maximum Gasteiger partial charge on any atom is 0.365 e. The van der Waals surface area contributed by atoms with Crippen LogP contribution in [-0.2, 0) is 4.57 Å². The lowest BCUT2D eigenvalue weighted by Gasteiger charge is -2.00. The first kappa shape index (κ1) is 14.9. The van der Waals surface area contributed by atoms with Crippen molar-refractivity contribution in [1.82, 2.24) is 0 Å². The van der Waals surface area contributed by atoms with E-state index in [0.29, 0.717) is 5.75 Å². The predicted molar refractivity (Wildman–Crippen MR) is 69.0 cm³/mol. The largest absolute Gasteiger partial charge is 0.426 e. The zero-order valence-electron chi connectivity index (χ0n) is 9.77. The molecular formula is C12H19O3P. The maximum atomic E-state index is 10.3. The molecule has 0 heterocycles. The Kier molecular flexibility index (Phi) is 8.59. The van der Waals surface area contributed by atoms with Gasteiger partial charge in [-0.15, -0.1) is 0 Å². The van der Waals surface area contributed by atoms with Gasteiger partial charge in [-0.25, -0.2) is 4.57 Å². The average molecular weight is 242 g/mol. The van der Waals surface area contributed by atoms with Gasteiger partial charge in [0.1, 0.15) is 5.75 Å². The van der Waals surface area contributed by atoms with Crippen molar-refractivity contribution < 1.29 is 14.0 Å². The molecule has 0 radical (unpaired) electrons. The third-order valence-corrected chi connectivity index (χ3v) is 2.23. The van der Waals surface area contributed by atoms with E-state index < -0.39 is 8.25 Å². The van der Waals surface area contributed by atoms with Crippen molar-refractivity contribution in [2.75, 3.05) is 0 Å². The quantitative estimate of drug-likeness (QED) is 0.814. The fraction of sp³-hybridized carbons (Fsp3) is 0.333. The molecule has 0 aliphatic carbocycles. The highest BCUT2D eigenvalue weighted by Crippen LogP contribution is 2.22. The maximum absolute atomic E-state index is 10.3. The summed E-state index contributed by atoms with van der Waals surface area (Å²) in [5.74, 6) is 0.395. The van der Waals surface area contributed by atoms with E-state index in [-0.39, 0.29) is 0 Å². The van der Waals surface area contributed by atoms with Gasteiger partial charge in [0, 0.05) is 0 Å². The lowest BCUT2D eigenvalue weighted by molar-refractivity contribution is 0.410. The second kappa shape index (κ2) is 9.20. The number of hydrogen-bond acceptors (Lipinski definition) is 2. The first-order valence-corrected chi connectivity index (χ1v) is 6.53. The number of unbranched alkanes of at least 4 members (excludes halogenated alkanes) is 1. The van der Waals surface area contributed by atoms with Crippen molar-refractivity contribution in [1.29, 1.82) is 0 Å². The lowest BCUT2D eigenvalue weighted by Crippen LogP contribution is -1.79. The summed E-state index contributed by atoms with van der Waals surface area (Å²) >= 11 is 0. The SMILES string of the molecule is C=Cc1ccc(O[PH](=O)O)cc1.CCCC. The van der Waals surface area contributed by atoms with Crippen LogP contribution in [-0.4, -0.2) is 4.89 Å². The zero-order chi connectivity index (χ0) is 12.4. The molecule has 1 aromatic rings. The van der Waals surface area contributed by atoms with Crippen LogP contribution in [0, 0.1) is 0 Å². The van der Waals surface area contributed by atoms with E-state index in [0.717, 1.165) is 5.56 Å². The van der Waals surface area contributed by atoms with Gasteiger partial charge < -0.3 is 9.42 Å². The van der Waals surface area contributed by atoms with E-state index >= 15 is 0 Å². The summed E-state index contributed by atoms with van der Waals surface area (Å²) < 4.78 is 14.8. The zero-order valence-corrected chi connectivity index (χ0v) is 10.8. The first-order valence-electron chi connectivity index (χ1n) is 5.27. The van der Waals surface area contributed by atoms with Crippen molar-refractivity contribution >= 4 is 14.3 Å². The summed E-state index contributed by atoms with van der Waals surface area (Å²) in [4.78, 5) is 8.44. The molecule has 1 atom stereocenters. The van der Waals surface area contributed by atoms with Crippen LogP contribution >= 0.6 is 8.25 Å².